The van der Waals surface area contributed by atoms with E-state index in [9.17, 15) is 9.59 Å². The zero-order valence-corrected chi connectivity index (χ0v) is 22.0. The van der Waals surface area contributed by atoms with Gasteiger partial charge in [-0.05, 0) is 34.4 Å². The molecule has 6 heteroatoms. The standard InChI is InChI=1S/C33H32N2O4/c1-38-33(37)31(28-17-19-29(20-18-28)39-24-27-15-9-4-10-16-27)35-23-30(32(35)36)34(21-25-11-5-2-6-12-25)22-26-13-7-3-8-14-26/h2-20,30-31H,21-24H2,1H3/t30?,31-/m1/s1. The maximum absolute atomic E-state index is 13.6. The first kappa shape index (κ1) is 26.2. The van der Waals surface area contributed by atoms with E-state index in [1.807, 2.05) is 91.0 Å². The number of amides is 1. The Morgan fingerprint density at radius 1 is 0.795 bits per heavy atom. The molecule has 1 heterocycles. The van der Waals surface area contributed by atoms with Gasteiger partial charge in [0.05, 0.1) is 7.11 Å². The van der Waals surface area contributed by atoms with Gasteiger partial charge in [0, 0.05) is 19.6 Å². The number of carbonyl (C=O) groups excluding carboxylic acids is 2. The Morgan fingerprint density at radius 2 is 1.31 bits per heavy atom. The Bertz CT molecular complexity index is 1320. The summed E-state index contributed by atoms with van der Waals surface area (Å²) in [5.74, 6) is 0.148. The first-order valence-electron chi connectivity index (χ1n) is 13.1. The summed E-state index contributed by atoms with van der Waals surface area (Å²) in [5, 5.41) is 0. The molecule has 2 atom stereocenters. The molecule has 0 N–H and O–H groups in total. The topological polar surface area (TPSA) is 59.1 Å². The van der Waals surface area contributed by atoms with Gasteiger partial charge in [-0.3, -0.25) is 9.69 Å². The molecule has 0 aromatic heterocycles. The molecule has 1 amide bonds. The molecule has 0 radical (unpaired) electrons. The second-order valence-corrected chi connectivity index (χ2v) is 9.65. The van der Waals surface area contributed by atoms with Crippen molar-refractivity contribution in [1.82, 2.24) is 9.80 Å². The summed E-state index contributed by atoms with van der Waals surface area (Å²) in [5.41, 5.74) is 4.03. The quantitative estimate of drug-likeness (QED) is 0.196. The monoisotopic (exact) mass is 520 g/mol. The van der Waals surface area contributed by atoms with E-state index in [0.717, 1.165) is 16.7 Å². The molecule has 1 aliphatic rings. The molecule has 0 aliphatic carbocycles. The van der Waals surface area contributed by atoms with Gasteiger partial charge in [-0.25, -0.2) is 4.79 Å². The second-order valence-electron chi connectivity index (χ2n) is 9.65. The van der Waals surface area contributed by atoms with E-state index in [2.05, 4.69) is 29.2 Å². The fourth-order valence-corrected chi connectivity index (χ4v) is 4.89. The second kappa shape index (κ2) is 12.4. The van der Waals surface area contributed by atoms with Gasteiger partial charge in [-0.15, -0.1) is 0 Å². The molecule has 0 saturated carbocycles. The number of rotatable bonds is 11. The van der Waals surface area contributed by atoms with Crippen molar-refractivity contribution in [3.05, 3.63) is 138 Å². The average Bonchev–Trinajstić information content (AvgIpc) is 2.99. The van der Waals surface area contributed by atoms with Crippen LogP contribution in [-0.4, -0.2) is 41.4 Å². The molecular formula is C33H32N2O4. The fourth-order valence-electron chi connectivity index (χ4n) is 4.89. The zero-order valence-electron chi connectivity index (χ0n) is 22.0. The first-order valence-corrected chi connectivity index (χ1v) is 13.1. The molecule has 39 heavy (non-hydrogen) atoms. The van der Waals surface area contributed by atoms with Crippen molar-refractivity contribution in [1.29, 1.82) is 0 Å². The summed E-state index contributed by atoms with van der Waals surface area (Å²) in [6.07, 6.45) is 0. The van der Waals surface area contributed by atoms with Crippen LogP contribution < -0.4 is 4.74 Å². The number of methoxy groups -OCH3 is 1. The number of hydrogen-bond donors (Lipinski definition) is 0. The molecule has 0 bridgehead atoms. The molecular weight excluding hydrogens is 488 g/mol. The number of carbonyl (C=O) groups is 2. The third-order valence-corrected chi connectivity index (χ3v) is 7.02. The van der Waals surface area contributed by atoms with Gasteiger partial charge in [-0.1, -0.05) is 103 Å². The lowest BCUT2D eigenvalue weighted by atomic mass is 9.96. The number of esters is 1. The summed E-state index contributed by atoms with van der Waals surface area (Å²) < 4.78 is 11.0. The van der Waals surface area contributed by atoms with Crippen LogP contribution in [-0.2, 0) is 34.0 Å². The minimum absolute atomic E-state index is 0.0818. The summed E-state index contributed by atoms with van der Waals surface area (Å²) in [6.45, 7) is 2.16. The van der Waals surface area contributed by atoms with E-state index >= 15 is 0 Å². The average molecular weight is 521 g/mol. The number of ether oxygens (including phenoxy) is 2. The predicted molar refractivity (Wildman–Crippen MR) is 150 cm³/mol. The van der Waals surface area contributed by atoms with Crippen molar-refractivity contribution in [3.8, 4) is 5.75 Å². The van der Waals surface area contributed by atoms with Crippen LogP contribution in [0.25, 0.3) is 0 Å². The largest absolute Gasteiger partial charge is 0.489 e. The van der Waals surface area contributed by atoms with E-state index in [4.69, 9.17) is 9.47 Å². The van der Waals surface area contributed by atoms with Crippen LogP contribution in [0.2, 0.25) is 0 Å². The van der Waals surface area contributed by atoms with Crippen LogP contribution in [0.1, 0.15) is 28.3 Å². The Morgan fingerprint density at radius 3 is 1.79 bits per heavy atom. The van der Waals surface area contributed by atoms with Crippen LogP contribution in [0.4, 0.5) is 0 Å². The van der Waals surface area contributed by atoms with Crippen LogP contribution in [0, 0.1) is 0 Å². The van der Waals surface area contributed by atoms with Crippen LogP contribution in [0.3, 0.4) is 0 Å². The highest BCUT2D eigenvalue weighted by molar-refractivity contribution is 5.93. The summed E-state index contributed by atoms with van der Waals surface area (Å²) >= 11 is 0. The lowest BCUT2D eigenvalue weighted by Gasteiger charge is -2.47. The fraction of sp³-hybridized carbons (Fsp3) is 0.212. The van der Waals surface area contributed by atoms with Gasteiger partial charge < -0.3 is 14.4 Å². The molecule has 4 aromatic rings. The third-order valence-electron chi connectivity index (χ3n) is 7.02. The molecule has 1 unspecified atom stereocenters. The molecule has 1 fully saturated rings. The number of β-lactam (4-membered cyclic amide) rings is 1. The third kappa shape index (κ3) is 6.36. The first-order chi connectivity index (χ1) is 19.1. The number of benzene rings is 4. The molecule has 0 spiro atoms. The summed E-state index contributed by atoms with van der Waals surface area (Å²) in [6, 6.07) is 36.4. The van der Waals surface area contributed by atoms with Gasteiger partial charge in [0.15, 0.2) is 6.04 Å². The lowest BCUT2D eigenvalue weighted by molar-refractivity contribution is -0.166. The van der Waals surface area contributed by atoms with Gasteiger partial charge in [0.1, 0.15) is 18.4 Å². The van der Waals surface area contributed by atoms with Crippen LogP contribution >= 0.6 is 0 Å². The molecule has 4 aromatic carbocycles. The van der Waals surface area contributed by atoms with E-state index < -0.39 is 12.0 Å². The van der Waals surface area contributed by atoms with E-state index in [1.165, 1.54) is 7.11 Å². The maximum Gasteiger partial charge on any atom is 0.333 e. The number of hydrogen-bond acceptors (Lipinski definition) is 5. The predicted octanol–water partition coefficient (Wildman–Crippen LogP) is 5.39. The Kier molecular flexibility index (Phi) is 8.34. The van der Waals surface area contributed by atoms with Crippen molar-refractivity contribution < 1.29 is 19.1 Å². The molecule has 198 valence electrons. The smallest absolute Gasteiger partial charge is 0.333 e. The van der Waals surface area contributed by atoms with Gasteiger partial charge in [-0.2, -0.15) is 0 Å². The molecule has 5 rings (SSSR count). The van der Waals surface area contributed by atoms with E-state index in [-0.39, 0.29) is 11.9 Å². The molecule has 6 nitrogen and oxygen atoms in total. The van der Waals surface area contributed by atoms with Gasteiger partial charge >= 0.3 is 5.97 Å². The highest BCUT2D eigenvalue weighted by Gasteiger charge is 2.47. The minimum Gasteiger partial charge on any atom is -0.489 e. The summed E-state index contributed by atoms with van der Waals surface area (Å²) in [4.78, 5) is 30.3. The minimum atomic E-state index is -0.808. The Hall–Kier alpha value is -4.42. The Balaban J connectivity index is 1.30. The zero-order chi connectivity index (χ0) is 27.0. The van der Waals surface area contributed by atoms with Crippen molar-refractivity contribution >= 4 is 11.9 Å². The van der Waals surface area contributed by atoms with Gasteiger partial charge in [0.2, 0.25) is 5.91 Å². The van der Waals surface area contributed by atoms with Crippen molar-refractivity contribution in [2.45, 2.75) is 31.8 Å². The van der Waals surface area contributed by atoms with Crippen molar-refractivity contribution in [2.24, 2.45) is 0 Å². The lowest BCUT2D eigenvalue weighted by Crippen LogP contribution is -2.65. The highest BCUT2D eigenvalue weighted by Crippen LogP contribution is 2.32. The maximum atomic E-state index is 13.6. The normalized spacial score (nSPS) is 15.5. The molecule has 1 aliphatic heterocycles. The molecule has 1 saturated heterocycles. The van der Waals surface area contributed by atoms with Crippen molar-refractivity contribution in [3.63, 3.8) is 0 Å². The van der Waals surface area contributed by atoms with E-state index in [1.54, 1.807) is 4.90 Å². The van der Waals surface area contributed by atoms with Gasteiger partial charge in [0.25, 0.3) is 0 Å². The van der Waals surface area contributed by atoms with Crippen LogP contribution in [0.5, 0.6) is 5.75 Å². The van der Waals surface area contributed by atoms with Crippen LogP contribution in [0.15, 0.2) is 115 Å². The summed E-state index contributed by atoms with van der Waals surface area (Å²) in [7, 11) is 1.35. The Labute approximate surface area is 229 Å². The highest BCUT2D eigenvalue weighted by atomic mass is 16.5. The SMILES string of the molecule is COC(=O)[C@@H](c1ccc(OCc2ccccc2)cc1)N1CC(N(Cc2ccccc2)Cc2ccccc2)C1=O. The van der Waals surface area contributed by atoms with Crippen molar-refractivity contribution in [2.75, 3.05) is 13.7 Å². The number of likely N-dealkylation sites (tertiary alicyclic amines) is 1. The van der Waals surface area contributed by atoms with E-state index in [0.29, 0.717) is 37.6 Å². The number of nitrogens with zero attached hydrogens (tertiary/aromatic N) is 2.